The van der Waals surface area contributed by atoms with Crippen molar-refractivity contribution in [3.05, 3.63) is 48.0 Å². The highest BCUT2D eigenvalue weighted by Crippen LogP contribution is 2.18. The molecule has 2 aromatic carbocycles. The quantitative estimate of drug-likeness (QED) is 0.548. The Morgan fingerprint density at radius 3 is 1.96 bits per heavy atom. The second kappa shape index (κ2) is 7.03. The molecule has 0 amide bonds. The molecular formula is C15H16N6O2. The van der Waals surface area contributed by atoms with Crippen molar-refractivity contribution >= 4 is 34.6 Å². The van der Waals surface area contributed by atoms with Crippen molar-refractivity contribution in [3.63, 3.8) is 0 Å². The first kappa shape index (κ1) is 16.0. The van der Waals surface area contributed by atoms with Gasteiger partial charge in [0.15, 0.2) is 0 Å². The van der Waals surface area contributed by atoms with Gasteiger partial charge < -0.3 is 22.3 Å². The summed E-state index contributed by atoms with van der Waals surface area (Å²) >= 11 is 0. The number of fused-ring (bicyclic) bond motifs is 1. The fourth-order valence-corrected chi connectivity index (χ4v) is 2.04. The zero-order valence-electron chi connectivity index (χ0n) is 12.2. The molecule has 0 fully saturated rings. The Morgan fingerprint density at radius 2 is 1.39 bits per heavy atom. The highest BCUT2D eigenvalue weighted by atomic mass is 16.4. The number of hydrogen-bond acceptors (Lipinski definition) is 7. The third-order valence-corrected chi connectivity index (χ3v) is 2.91. The van der Waals surface area contributed by atoms with E-state index >= 15 is 0 Å². The van der Waals surface area contributed by atoms with Crippen molar-refractivity contribution < 1.29 is 9.90 Å². The molecule has 8 nitrogen and oxygen atoms in total. The second-order valence-electron chi connectivity index (χ2n) is 4.62. The molecule has 0 spiro atoms. The van der Waals surface area contributed by atoms with Gasteiger partial charge in [-0.2, -0.15) is 15.0 Å². The molecule has 8 heteroatoms. The predicted molar refractivity (Wildman–Crippen MR) is 88.4 cm³/mol. The first-order valence-corrected chi connectivity index (χ1v) is 6.66. The molecule has 0 atom stereocenters. The van der Waals surface area contributed by atoms with E-state index in [0.717, 1.165) is 16.3 Å². The lowest BCUT2D eigenvalue weighted by molar-refractivity contribution is -0.136. The van der Waals surface area contributed by atoms with Crippen LogP contribution in [-0.4, -0.2) is 26.0 Å². The highest BCUT2D eigenvalue weighted by Gasteiger charge is 2.03. The van der Waals surface area contributed by atoms with Crippen molar-refractivity contribution in [2.45, 2.75) is 6.42 Å². The molecule has 0 saturated heterocycles. The van der Waals surface area contributed by atoms with E-state index in [-0.39, 0.29) is 24.3 Å². The second-order valence-corrected chi connectivity index (χ2v) is 4.62. The van der Waals surface area contributed by atoms with Crippen molar-refractivity contribution in [2.75, 3.05) is 17.2 Å². The van der Waals surface area contributed by atoms with Crippen LogP contribution in [0.15, 0.2) is 42.5 Å². The van der Waals surface area contributed by atoms with Gasteiger partial charge in [-0.05, 0) is 16.3 Å². The Balaban J connectivity index is 0.000000185. The molecule has 0 saturated carbocycles. The third-order valence-electron chi connectivity index (χ3n) is 2.91. The van der Waals surface area contributed by atoms with Gasteiger partial charge in [-0.1, -0.05) is 42.5 Å². The number of nitrogen functional groups attached to an aromatic ring is 3. The van der Waals surface area contributed by atoms with Gasteiger partial charge in [-0.3, -0.25) is 4.79 Å². The Kier molecular flexibility index (Phi) is 4.88. The van der Waals surface area contributed by atoms with E-state index in [0.29, 0.717) is 0 Å². The van der Waals surface area contributed by atoms with Crippen LogP contribution in [0.3, 0.4) is 0 Å². The summed E-state index contributed by atoms with van der Waals surface area (Å²) in [5.41, 5.74) is 16.3. The number of carboxylic acids is 1. The van der Waals surface area contributed by atoms with Crippen LogP contribution < -0.4 is 17.2 Å². The van der Waals surface area contributed by atoms with Crippen molar-refractivity contribution in [3.8, 4) is 0 Å². The van der Waals surface area contributed by atoms with E-state index in [4.69, 9.17) is 22.3 Å². The minimum atomic E-state index is -0.790. The highest BCUT2D eigenvalue weighted by molar-refractivity contribution is 5.88. The minimum Gasteiger partial charge on any atom is -0.481 e. The van der Waals surface area contributed by atoms with Crippen LogP contribution in [-0.2, 0) is 11.2 Å². The fraction of sp³-hybridized carbons (Fsp3) is 0.0667. The number of aromatic nitrogens is 3. The maximum atomic E-state index is 10.6. The molecule has 0 bridgehead atoms. The lowest BCUT2D eigenvalue weighted by Gasteiger charge is -2.02. The SMILES string of the molecule is Nc1nc(N)nc(N)n1.O=C(O)Cc1cccc2ccccc12. The summed E-state index contributed by atoms with van der Waals surface area (Å²) in [5.74, 6) is -0.665. The fourth-order valence-electron chi connectivity index (χ4n) is 2.04. The lowest BCUT2D eigenvalue weighted by Crippen LogP contribution is -2.05. The van der Waals surface area contributed by atoms with Gasteiger partial charge in [0.1, 0.15) is 0 Å². The number of nitrogens with zero attached hydrogens (tertiary/aromatic N) is 3. The average molecular weight is 312 g/mol. The maximum absolute atomic E-state index is 10.6. The van der Waals surface area contributed by atoms with E-state index in [1.165, 1.54) is 0 Å². The van der Waals surface area contributed by atoms with Crippen LogP contribution >= 0.6 is 0 Å². The number of hydrogen-bond donors (Lipinski definition) is 4. The van der Waals surface area contributed by atoms with Crippen LogP contribution in [0.2, 0.25) is 0 Å². The smallest absolute Gasteiger partial charge is 0.307 e. The molecular weight excluding hydrogens is 296 g/mol. The van der Waals surface area contributed by atoms with Crippen molar-refractivity contribution in [1.29, 1.82) is 0 Å². The van der Waals surface area contributed by atoms with Gasteiger partial charge in [0.05, 0.1) is 6.42 Å². The van der Waals surface area contributed by atoms with E-state index in [1.54, 1.807) is 0 Å². The van der Waals surface area contributed by atoms with Crippen molar-refractivity contribution in [2.24, 2.45) is 0 Å². The van der Waals surface area contributed by atoms with Gasteiger partial charge in [0, 0.05) is 0 Å². The zero-order valence-corrected chi connectivity index (χ0v) is 12.2. The van der Waals surface area contributed by atoms with Crippen LogP contribution in [0.25, 0.3) is 10.8 Å². The topological polar surface area (TPSA) is 154 Å². The largest absolute Gasteiger partial charge is 0.481 e. The Labute approximate surface area is 132 Å². The maximum Gasteiger partial charge on any atom is 0.307 e. The molecule has 7 N–H and O–H groups in total. The minimum absolute atomic E-state index is 0.0417. The monoisotopic (exact) mass is 312 g/mol. The van der Waals surface area contributed by atoms with Gasteiger partial charge >= 0.3 is 5.97 Å². The first-order chi connectivity index (χ1) is 11.0. The van der Waals surface area contributed by atoms with Crippen LogP contribution in [0, 0.1) is 0 Å². The number of aliphatic carboxylic acids is 1. The van der Waals surface area contributed by atoms with E-state index in [9.17, 15) is 4.79 Å². The number of anilines is 3. The van der Waals surface area contributed by atoms with Crippen molar-refractivity contribution in [1.82, 2.24) is 15.0 Å². The van der Waals surface area contributed by atoms with Gasteiger partial charge in [0.2, 0.25) is 17.8 Å². The Morgan fingerprint density at radius 1 is 0.870 bits per heavy atom. The molecule has 0 radical (unpaired) electrons. The molecule has 3 aromatic rings. The molecule has 0 aliphatic heterocycles. The molecule has 23 heavy (non-hydrogen) atoms. The van der Waals surface area contributed by atoms with Crippen LogP contribution in [0.4, 0.5) is 17.8 Å². The lowest BCUT2D eigenvalue weighted by atomic mass is 10.0. The molecule has 1 aromatic heterocycles. The normalized spacial score (nSPS) is 9.91. The molecule has 0 aliphatic rings. The Bertz CT molecular complexity index is 781. The Hall–Kier alpha value is -3.42. The predicted octanol–water partition coefficient (Wildman–Crippen LogP) is 1.09. The summed E-state index contributed by atoms with van der Waals surface area (Å²) in [5, 5.41) is 10.8. The first-order valence-electron chi connectivity index (χ1n) is 6.66. The molecule has 118 valence electrons. The summed E-state index contributed by atoms with van der Waals surface area (Å²) in [7, 11) is 0. The summed E-state index contributed by atoms with van der Waals surface area (Å²) in [4.78, 5) is 21.1. The van der Waals surface area contributed by atoms with Gasteiger partial charge in [-0.15, -0.1) is 0 Å². The van der Waals surface area contributed by atoms with Crippen LogP contribution in [0.5, 0.6) is 0 Å². The number of rotatable bonds is 2. The number of nitrogens with two attached hydrogens (primary N) is 3. The summed E-state index contributed by atoms with van der Waals surface area (Å²) in [6.07, 6.45) is 0.0847. The van der Waals surface area contributed by atoms with Gasteiger partial charge in [-0.25, -0.2) is 0 Å². The molecule has 0 unspecified atom stereocenters. The number of carboxylic acid groups (broad SMARTS) is 1. The summed E-state index contributed by atoms with van der Waals surface area (Å²) in [6.45, 7) is 0. The number of carbonyl (C=O) groups is 1. The van der Waals surface area contributed by atoms with E-state index in [1.807, 2.05) is 42.5 Å². The van der Waals surface area contributed by atoms with E-state index in [2.05, 4.69) is 15.0 Å². The van der Waals surface area contributed by atoms with Crippen LogP contribution in [0.1, 0.15) is 5.56 Å². The number of benzene rings is 2. The zero-order chi connectivity index (χ0) is 16.8. The molecule has 3 rings (SSSR count). The summed E-state index contributed by atoms with van der Waals surface area (Å²) in [6, 6.07) is 13.5. The standard InChI is InChI=1S/C12H10O2.C3H6N6/c13-12(14)8-10-6-3-5-9-4-1-2-7-11(9)10;4-1-7-2(5)9-3(6)8-1/h1-7H,8H2,(H,13,14);(H6,4,5,6,7,8,9). The van der Waals surface area contributed by atoms with E-state index < -0.39 is 5.97 Å². The third kappa shape index (κ3) is 4.53. The molecule has 0 aliphatic carbocycles. The van der Waals surface area contributed by atoms with Gasteiger partial charge in [0.25, 0.3) is 0 Å². The summed E-state index contributed by atoms with van der Waals surface area (Å²) < 4.78 is 0. The molecule has 1 heterocycles. The average Bonchev–Trinajstić information content (AvgIpc) is 2.46.